The van der Waals surface area contributed by atoms with E-state index in [1.54, 1.807) is 24.4 Å². The molecule has 4 N–H and O–H groups in total. The molecule has 0 saturated carbocycles. The maximum Gasteiger partial charge on any atom is 0.280 e. The summed E-state index contributed by atoms with van der Waals surface area (Å²) in [4.78, 5) is 19.5. The van der Waals surface area contributed by atoms with Gasteiger partial charge in [-0.25, -0.2) is 8.42 Å². The Balaban J connectivity index is 2.10. The molecular formula is C18H16N4O4S. The lowest BCUT2D eigenvalue weighted by molar-refractivity contribution is 0.100. The Bertz CT molecular complexity index is 1160. The Morgan fingerprint density at radius 1 is 1.07 bits per heavy atom. The third kappa shape index (κ3) is 4.04. The molecule has 0 saturated heterocycles. The Hall–Kier alpha value is -3.46. The van der Waals surface area contributed by atoms with Crippen LogP contribution in [-0.2, 0) is 9.84 Å². The van der Waals surface area contributed by atoms with Gasteiger partial charge >= 0.3 is 0 Å². The number of carbonyl (C=O) groups excluding carboxylic acids is 1. The summed E-state index contributed by atoms with van der Waals surface area (Å²) in [5.41, 5.74) is 11.0. The molecule has 1 amide bonds. The van der Waals surface area contributed by atoms with Gasteiger partial charge in [-0.15, -0.1) is 0 Å². The van der Waals surface area contributed by atoms with Gasteiger partial charge in [-0.3, -0.25) is 9.78 Å². The molecule has 27 heavy (non-hydrogen) atoms. The number of hydrogen-bond acceptors (Lipinski definition) is 5. The van der Waals surface area contributed by atoms with Gasteiger partial charge in [-0.2, -0.15) is 4.99 Å². The normalized spacial score (nSPS) is 11.1. The summed E-state index contributed by atoms with van der Waals surface area (Å²) in [7, 11) is -3.70. The lowest BCUT2D eigenvalue weighted by Gasteiger charge is -2.12. The summed E-state index contributed by atoms with van der Waals surface area (Å²) in [5, 5.41) is 0.843. The highest BCUT2D eigenvalue weighted by molar-refractivity contribution is 7.90. The fourth-order valence-corrected chi connectivity index (χ4v) is 3.29. The number of aromatic nitrogens is 1. The van der Waals surface area contributed by atoms with Gasteiger partial charge in [-0.05, 0) is 30.3 Å². The van der Waals surface area contributed by atoms with Gasteiger partial charge in [0.15, 0.2) is 21.5 Å². The second-order valence-corrected chi connectivity index (χ2v) is 7.69. The molecule has 0 bridgehead atoms. The summed E-state index contributed by atoms with van der Waals surface area (Å²) >= 11 is 0. The Kier molecular flexibility index (Phi) is 4.78. The number of carbonyl (C=O) groups is 1. The van der Waals surface area contributed by atoms with Crippen molar-refractivity contribution in [1.29, 1.82) is 0 Å². The van der Waals surface area contributed by atoms with Gasteiger partial charge in [0, 0.05) is 23.4 Å². The van der Waals surface area contributed by atoms with E-state index in [9.17, 15) is 13.2 Å². The summed E-state index contributed by atoms with van der Waals surface area (Å²) in [6, 6.07) is 12.9. The number of benzene rings is 2. The second-order valence-electron chi connectivity index (χ2n) is 5.71. The molecule has 0 unspecified atom stereocenters. The lowest BCUT2D eigenvalue weighted by Crippen LogP contribution is -2.24. The average molecular weight is 384 g/mol. The molecule has 0 atom stereocenters. The Morgan fingerprint density at radius 2 is 1.81 bits per heavy atom. The molecule has 0 aliphatic heterocycles. The van der Waals surface area contributed by atoms with Crippen LogP contribution in [0.4, 0.5) is 0 Å². The van der Waals surface area contributed by atoms with Crippen LogP contribution >= 0.6 is 0 Å². The van der Waals surface area contributed by atoms with E-state index in [0.717, 1.165) is 11.6 Å². The quantitative estimate of drug-likeness (QED) is 0.517. The number of sulfone groups is 1. The minimum absolute atomic E-state index is 0.0206. The SMILES string of the molecule is CS(=O)(=O)c1cc(C(=O)N=C(N)N)ccc1Oc1cccc2cccnc12. The van der Waals surface area contributed by atoms with Crippen LogP contribution < -0.4 is 16.2 Å². The number of guanidine groups is 1. The monoisotopic (exact) mass is 384 g/mol. The molecule has 0 aliphatic rings. The number of para-hydroxylation sites is 1. The molecule has 2 aromatic carbocycles. The fraction of sp³-hybridized carbons (Fsp3) is 0.0556. The van der Waals surface area contributed by atoms with Crippen molar-refractivity contribution in [2.75, 3.05) is 6.26 Å². The first kappa shape index (κ1) is 18.3. The zero-order chi connectivity index (χ0) is 19.6. The molecule has 9 heteroatoms. The van der Waals surface area contributed by atoms with Gasteiger partial charge in [0.1, 0.15) is 16.2 Å². The van der Waals surface area contributed by atoms with Crippen molar-refractivity contribution in [2.24, 2.45) is 16.5 Å². The molecule has 3 rings (SSSR count). The van der Waals surface area contributed by atoms with Crippen molar-refractivity contribution in [3.63, 3.8) is 0 Å². The van der Waals surface area contributed by atoms with Crippen LogP contribution in [0.5, 0.6) is 11.5 Å². The molecule has 3 aromatic rings. The number of ether oxygens (including phenoxy) is 1. The second kappa shape index (κ2) is 7.04. The highest BCUT2D eigenvalue weighted by atomic mass is 32.2. The van der Waals surface area contributed by atoms with Crippen LogP contribution in [0, 0.1) is 0 Å². The number of aliphatic imine (C=N–C) groups is 1. The van der Waals surface area contributed by atoms with Crippen LogP contribution in [0.1, 0.15) is 10.4 Å². The molecule has 1 aromatic heterocycles. The van der Waals surface area contributed by atoms with E-state index < -0.39 is 21.7 Å². The van der Waals surface area contributed by atoms with E-state index in [-0.39, 0.29) is 16.2 Å². The zero-order valence-electron chi connectivity index (χ0n) is 14.3. The molecule has 1 heterocycles. The molecule has 0 spiro atoms. The third-order valence-electron chi connectivity index (χ3n) is 3.64. The van der Waals surface area contributed by atoms with Gasteiger partial charge in [0.25, 0.3) is 5.91 Å². The van der Waals surface area contributed by atoms with E-state index in [1.165, 1.54) is 18.2 Å². The highest BCUT2D eigenvalue weighted by Crippen LogP contribution is 2.33. The van der Waals surface area contributed by atoms with Crippen LogP contribution in [0.25, 0.3) is 10.9 Å². The lowest BCUT2D eigenvalue weighted by atomic mass is 10.2. The van der Waals surface area contributed by atoms with E-state index in [1.807, 2.05) is 12.1 Å². The molecule has 138 valence electrons. The largest absolute Gasteiger partial charge is 0.454 e. The van der Waals surface area contributed by atoms with Gasteiger partial charge in [0.2, 0.25) is 0 Å². The fourth-order valence-electron chi connectivity index (χ4n) is 2.47. The Labute approximate surface area is 155 Å². The summed E-state index contributed by atoms with van der Waals surface area (Å²) in [5.74, 6) is -0.709. The van der Waals surface area contributed by atoms with Crippen molar-refractivity contribution in [2.45, 2.75) is 4.90 Å². The van der Waals surface area contributed by atoms with E-state index in [4.69, 9.17) is 16.2 Å². The number of rotatable bonds is 4. The topological polar surface area (TPSA) is 138 Å². The van der Waals surface area contributed by atoms with Crippen molar-refractivity contribution < 1.29 is 17.9 Å². The zero-order valence-corrected chi connectivity index (χ0v) is 15.1. The van der Waals surface area contributed by atoms with E-state index >= 15 is 0 Å². The van der Waals surface area contributed by atoms with Crippen LogP contribution in [0.15, 0.2) is 64.6 Å². The van der Waals surface area contributed by atoms with Crippen molar-refractivity contribution in [1.82, 2.24) is 4.98 Å². The van der Waals surface area contributed by atoms with Gasteiger partial charge in [-0.1, -0.05) is 18.2 Å². The summed E-state index contributed by atoms with van der Waals surface area (Å²) in [6.07, 6.45) is 2.63. The molecule has 0 aliphatic carbocycles. The number of fused-ring (bicyclic) bond motifs is 1. The van der Waals surface area contributed by atoms with Crippen molar-refractivity contribution >= 4 is 32.6 Å². The minimum atomic E-state index is -3.70. The van der Waals surface area contributed by atoms with Crippen molar-refractivity contribution in [3.8, 4) is 11.5 Å². The molecule has 8 nitrogen and oxygen atoms in total. The molecular weight excluding hydrogens is 368 g/mol. The molecule has 0 radical (unpaired) electrons. The summed E-state index contributed by atoms with van der Waals surface area (Å²) in [6.45, 7) is 0. The van der Waals surface area contributed by atoms with Gasteiger partial charge in [0.05, 0.1) is 0 Å². The first-order valence-electron chi connectivity index (χ1n) is 7.75. The predicted octanol–water partition coefficient (Wildman–Crippen LogP) is 1.84. The van der Waals surface area contributed by atoms with E-state index in [2.05, 4.69) is 9.98 Å². The Morgan fingerprint density at radius 3 is 2.52 bits per heavy atom. The highest BCUT2D eigenvalue weighted by Gasteiger charge is 2.19. The average Bonchev–Trinajstić information content (AvgIpc) is 2.61. The van der Waals surface area contributed by atoms with Crippen molar-refractivity contribution in [3.05, 3.63) is 60.3 Å². The number of pyridine rings is 1. The van der Waals surface area contributed by atoms with Crippen LogP contribution in [0.3, 0.4) is 0 Å². The van der Waals surface area contributed by atoms with Crippen LogP contribution in [0.2, 0.25) is 0 Å². The molecule has 0 fully saturated rings. The smallest absolute Gasteiger partial charge is 0.280 e. The van der Waals surface area contributed by atoms with E-state index in [0.29, 0.717) is 11.3 Å². The first-order chi connectivity index (χ1) is 12.8. The summed E-state index contributed by atoms with van der Waals surface area (Å²) < 4.78 is 30.3. The number of nitrogens with two attached hydrogens (primary N) is 2. The number of hydrogen-bond donors (Lipinski definition) is 2. The van der Waals surface area contributed by atoms with Gasteiger partial charge < -0.3 is 16.2 Å². The predicted molar refractivity (Wildman–Crippen MR) is 102 cm³/mol. The number of amides is 1. The van der Waals surface area contributed by atoms with Crippen LogP contribution in [-0.4, -0.2) is 31.5 Å². The minimum Gasteiger partial charge on any atom is -0.454 e. The standard InChI is InChI=1S/C18H16N4O4S/c1-27(24,25)15-10-12(17(23)22-18(19)20)7-8-13(15)26-14-6-2-4-11-5-3-9-21-16(11)14/h2-10H,1H3,(H4,19,20,22,23). The maximum atomic E-state index is 12.2. The third-order valence-corrected chi connectivity index (χ3v) is 4.75. The number of nitrogens with zero attached hydrogens (tertiary/aromatic N) is 2. The maximum absolute atomic E-state index is 12.2. The first-order valence-corrected chi connectivity index (χ1v) is 9.64.